The van der Waals surface area contributed by atoms with Crippen molar-refractivity contribution in [3.63, 3.8) is 0 Å². The summed E-state index contributed by atoms with van der Waals surface area (Å²) in [7, 11) is 0. The van der Waals surface area contributed by atoms with Gasteiger partial charge in [0.15, 0.2) is 0 Å². The fourth-order valence-corrected chi connectivity index (χ4v) is 3.05. The molecule has 3 rings (SSSR count). The van der Waals surface area contributed by atoms with Crippen LogP contribution in [0.5, 0.6) is 5.75 Å². The van der Waals surface area contributed by atoms with Crippen LogP contribution < -0.4 is 10.1 Å². The molecule has 0 bridgehead atoms. The van der Waals surface area contributed by atoms with Gasteiger partial charge in [-0.05, 0) is 18.5 Å². The molecule has 0 aliphatic carbocycles. The maximum Gasteiger partial charge on any atom is 0.127 e. The summed E-state index contributed by atoms with van der Waals surface area (Å²) in [4.78, 5) is 0. The van der Waals surface area contributed by atoms with Crippen LogP contribution in [0.25, 0.3) is 0 Å². The van der Waals surface area contributed by atoms with Crippen LogP contribution in [-0.4, -0.2) is 26.4 Å². The fourth-order valence-electron chi connectivity index (χ4n) is 3.05. The molecule has 1 fully saturated rings. The van der Waals surface area contributed by atoms with Crippen LogP contribution in [0.2, 0.25) is 0 Å². The first-order valence-corrected chi connectivity index (χ1v) is 6.96. The maximum atomic E-state index is 5.84. The lowest BCUT2D eigenvalue weighted by Gasteiger charge is -2.25. The van der Waals surface area contributed by atoms with E-state index in [9.17, 15) is 0 Å². The summed E-state index contributed by atoms with van der Waals surface area (Å²) in [5.41, 5.74) is 2.68. The van der Waals surface area contributed by atoms with Crippen molar-refractivity contribution in [2.24, 2.45) is 5.92 Å². The van der Waals surface area contributed by atoms with E-state index in [1.807, 2.05) is 0 Å². The maximum absolute atomic E-state index is 5.84. The van der Waals surface area contributed by atoms with Crippen LogP contribution in [0, 0.1) is 5.92 Å². The van der Waals surface area contributed by atoms with Crippen molar-refractivity contribution >= 4 is 0 Å². The molecule has 0 aromatic heterocycles. The van der Waals surface area contributed by atoms with E-state index in [1.54, 1.807) is 0 Å². The quantitative estimate of drug-likeness (QED) is 0.885. The average molecular weight is 247 g/mol. The minimum Gasteiger partial charge on any atom is -0.493 e. The molecular formula is C15H21NO2. The molecule has 3 nitrogen and oxygen atoms in total. The Balaban J connectivity index is 1.92. The van der Waals surface area contributed by atoms with E-state index in [0.717, 1.165) is 45.0 Å². The molecule has 98 valence electrons. The lowest BCUT2D eigenvalue weighted by atomic mass is 9.90. The number of rotatable bonds is 4. The largest absolute Gasteiger partial charge is 0.493 e. The highest BCUT2D eigenvalue weighted by atomic mass is 16.5. The summed E-state index contributed by atoms with van der Waals surface area (Å²) in [6.45, 7) is 5.72. The van der Waals surface area contributed by atoms with E-state index in [0.29, 0.717) is 12.0 Å². The first kappa shape index (κ1) is 12.0. The van der Waals surface area contributed by atoms with Gasteiger partial charge in [0.05, 0.1) is 13.2 Å². The number of nitrogens with one attached hydrogen (secondary N) is 1. The van der Waals surface area contributed by atoms with Crippen molar-refractivity contribution in [2.75, 3.05) is 26.4 Å². The Labute approximate surface area is 108 Å². The SMILES string of the molecule is CCNC(c1cccc2c1OCC2)C1CCOC1. The Kier molecular flexibility index (Phi) is 3.52. The molecule has 18 heavy (non-hydrogen) atoms. The van der Waals surface area contributed by atoms with Gasteiger partial charge in [0.1, 0.15) is 5.75 Å². The summed E-state index contributed by atoms with van der Waals surface area (Å²) in [6, 6.07) is 6.91. The van der Waals surface area contributed by atoms with Crippen LogP contribution in [0.4, 0.5) is 0 Å². The topological polar surface area (TPSA) is 30.5 Å². The summed E-state index contributed by atoms with van der Waals surface area (Å²) in [5.74, 6) is 1.69. The van der Waals surface area contributed by atoms with Gasteiger partial charge in [-0.1, -0.05) is 25.1 Å². The van der Waals surface area contributed by atoms with Crippen molar-refractivity contribution in [2.45, 2.75) is 25.8 Å². The van der Waals surface area contributed by atoms with E-state index < -0.39 is 0 Å². The van der Waals surface area contributed by atoms with Gasteiger partial charge in [-0.25, -0.2) is 0 Å². The molecule has 2 aliphatic heterocycles. The third-order valence-electron chi connectivity index (χ3n) is 3.94. The summed E-state index contributed by atoms with van der Waals surface area (Å²) in [6.07, 6.45) is 2.19. The Morgan fingerprint density at radius 3 is 3.11 bits per heavy atom. The highest BCUT2D eigenvalue weighted by Crippen LogP contribution is 2.38. The number of hydrogen-bond acceptors (Lipinski definition) is 3. The Morgan fingerprint density at radius 2 is 2.33 bits per heavy atom. The standard InChI is InChI=1S/C15H21NO2/c1-2-16-14(12-6-8-17-10-12)13-5-3-4-11-7-9-18-15(11)13/h3-5,12,14,16H,2,6-10H2,1H3. The summed E-state index contributed by atoms with van der Waals surface area (Å²) < 4.78 is 11.4. The van der Waals surface area contributed by atoms with Gasteiger partial charge in [-0.15, -0.1) is 0 Å². The molecule has 0 radical (unpaired) electrons. The third-order valence-corrected chi connectivity index (χ3v) is 3.94. The fraction of sp³-hybridized carbons (Fsp3) is 0.600. The van der Waals surface area contributed by atoms with E-state index in [2.05, 4.69) is 30.4 Å². The highest BCUT2D eigenvalue weighted by molar-refractivity contribution is 5.46. The highest BCUT2D eigenvalue weighted by Gasteiger charge is 2.30. The lowest BCUT2D eigenvalue weighted by Crippen LogP contribution is -2.29. The zero-order chi connectivity index (χ0) is 12.4. The number of fused-ring (bicyclic) bond motifs is 1. The molecular weight excluding hydrogens is 226 g/mol. The molecule has 2 aliphatic rings. The number of ether oxygens (including phenoxy) is 2. The third kappa shape index (κ3) is 2.13. The molecule has 1 aromatic rings. The second-order valence-corrected chi connectivity index (χ2v) is 5.09. The second kappa shape index (κ2) is 5.29. The van der Waals surface area contributed by atoms with Crippen LogP contribution >= 0.6 is 0 Å². The molecule has 2 heterocycles. The van der Waals surface area contributed by atoms with Crippen LogP contribution in [0.15, 0.2) is 18.2 Å². The Bertz CT molecular complexity index is 413. The van der Waals surface area contributed by atoms with Gasteiger partial charge in [-0.3, -0.25) is 0 Å². The summed E-state index contributed by atoms with van der Waals surface area (Å²) in [5, 5.41) is 3.61. The van der Waals surface area contributed by atoms with Crippen LogP contribution in [0.3, 0.4) is 0 Å². The van der Waals surface area contributed by atoms with Crippen LogP contribution in [0.1, 0.15) is 30.5 Å². The van der Waals surface area contributed by atoms with E-state index in [1.165, 1.54) is 11.1 Å². The predicted octanol–water partition coefficient (Wildman–Crippen LogP) is 2.31. The first-order chi connectivity index (χ1) is 8.90. The first-order valence-electron chi connectivity index (χ1n) is 6.96. The van der Waals surface area contributed by atoms with Gasteiger partial charge in [0, 0.05) is 30.6 Å². The summed E-state index contributed by atoms with van der Waals surface area (Å²) >= 11 is 0. The van der Waals surface area contributed by atoms with Gasteiger partial charge in [0.2, 0.25) is 0 Å². The second-order valence-electron chi connectivity index (χ2n) is 5.09. The Morgan fingerprint density at radius 1 is 1.39 bits per heavy atom. The molecule has 0 saturated carbocycles. The monoisotopic (exact) mass is 247 g/mol. The van der Waals surface area contributed by atoms with Crippen molar-refractivity contribution < 1.29 is 9.47 Å². The van der Waals surface area contributed by atoms with Crippen LogP contribution in [-0.2, 0) is 11.2 Å². The van der Waals surface area contributed by atoms with Gasteiger partial charge in [0.25, 0.3) is 0 Å². The van der Waals surface area contributed by atoms with E-state index >= 15 is 0 Å². The molecule has 0 amide bonds. The molecule has 2 unspecified atom stereocenters. The molecule has 1 saturated heterocycles. The average Bonchev–Trinajstić information content (AvgIpc) is 3.06. The minimum absolute atomic E-state index is 0.366. The smallest absolute Gasteiger partial charge is 0.127 e. The molecule has 1 N–H and O–H groups in total. The van der Waals surface area contributed by atoms with Gasteiger partial charge in [-0.2, -0.15) is 0 Å². The van der Waals surface area contributed by atoms with Crippen molar-refractivity contribution in [3.05, 3.63) is 29.3 Å². The molecule has 0 spiro atoms. The molecule has 3 heteroatoms. The van der Waals surface area contributed by atoms with E-state index in [-0.39, 0.29) is 0 Å². The van der Waals surface area contributed by atoms with Crippen molar-refractivity contribution in [3.8, 4) is 5.75 Å². The van der Waals surface area contributed by atoms with E-state index in [4.69, 9.17) is 9.47 Å². The lowest BCUT2D eigenvalue weighted by molar-refractivity contribution is 0.176. The zero-order valence-corrected chi connectivity index (χ0v) is 10.9. The normalized spacial score (nSPS) is 23.7. The van der Waals surface area contributed by atoms with Gasteiger partial charge < -0.3 is 14.8 Å². The Hall–Kier alpha value is -1.06. The molecule has 2 atom stereocenters. The number of hydrogen-bond donors (Lipinski definition) is 1. The van der Waals surface area contributed by atoms with Crippen molar-refractivity contribution in [1.29, 1.82) is 0 Å². The molecule has 1 aromatic carbocycles. The van der Waals surface area contributed by atoms with Crippen molar-refractivity contribution in [1.82, 2.24) is 5.32 Å². The zero-order valence-electron chi connectivity index (χ0n) is 10.9. The number of para-hydroxylation sites is 1. The number of benzene rings is 1. The predicted molar refractivity (Wildman–Crippen MR) is 71.0 cm³/mol. The van der Waals surface area contributed by atoms with Gasteiger partial charge >= 0.3 is 0 Å². The minimum atomic E-state index is 0.366.